The second kappa shape index (κ2) is 7.10. The van der Waals surface area contributed by atoms with E-state index in [0.29, 0.717) is 12.5 Å². The van der Waals surface area contributed by atoms with Gasteiger partial charge in [-0.25, -0.2) is 0 Å². The standard InChI is InChI=1S/C15H22O2/c1-4-8-12(2)11-17-15(16)13(3)14-9-6-5-7-10-14/h5-7,9-10,12-13H,4,8,11H2,1-3H3. The normalized spacial score (nSPS) is 14.1. The summed E-state index contributed by atoms with van der Waals surface area (Å²) in [6, 6.07) is 9.76. The van der Waals surface area contributed by atoms with Crippen molar-refractivity contribution in [2.75, 3.05) is 6.61 Å². The summed E-state index contributed by atoms with van der Waals surface area (Å²) in [6.45, 7) is 6.68. The van der Waals surface area contributed by atoms with Crippen molar-refractivity contribution in [3.05, 3.63) is 35.9 Å². The van der Waals surface area contributed by atoms with Gasteiger partial charge in [-0.15, -0.1) is 0 Å². The summed E-state index contributed by atoms with van der Waals surface area (Å²) in [5, 5.41) is 0. The molecule has 0 saturated carbocycles. The minimum atomic E-state index is -0.176. The number of rotatable bonds is 6. The van der Waals surface area contributed by atoms with E-state index in [1.165, 1.54) is 0 Å². The number of carbonyl (C=O) groups is 1. The highest BCUT2D eigenvalue weighted by Crippen LogP contribution is 2.17. The number of hydrogen-bond acceptors (Lipinski definition) is 2. The Kier molecular flexibility index (Phi) is 5.75. The third-order valence-corrected chi connectivity index (χ3v) is 2.94. The summed E-state index contributed by atoms with van der Waals surface area (Å²) in [5.41, 5.74) is 1.01. The fourth-order valence-electron chi connectivity index (χ4n) is 1.80. The molecule has 0 aliphatic heterocycles. The van der Waals surface area contributed by atoms with Crippen LogP contribution in [0.3, 0.4) is 0 Å². The quantitative estimate of drug-likeness (QED) is 0.700. The van der Waals surface area contributed by atoms with Gasteiger partial charge < -0.3 is 4.74 Å². The van der Waals surface area contributed by atoms with Crippen molar-refractivity contribution in [2.24, 2.45) is 5.92 Å². The van der Waals surface area contributed by atoms with Crippen molar-refractivity contribution >= 4 is 5.97 Å². The van der Waals surface area contributed by atoms with Crippen molar-refractivity contribution in [1.29, 1.82) is 0 Å². The summed E-state index contributed by atoms with van der Waals surface area (Å²) >= 11 is 0. The minimum Gasteiger partial charge on any atom is -0.465 e. The van der Waals surface area contributed by atoms with E-state index in [1.807, 2.05) is 37.3 Å². The van der Waals surface area contributed by atoms with Crippen LogP contribution in [0.1, 0.15) is 45.1 Å². The van der Waals surface area contributed by atoms with Crippen LogP contribution in [0.25, 0.3) is 0 Å². The predicted molar refractivity (Wildman–Crippen MR) is 69.9 cm³/mol. The molecule has 0 N–H and O–H groups in total. The number of hydrogen-bond donors (Lipinski definition) is 0. The largest absolute Gasteiger partial charge is 0.465 e. The van der Waals surface area contributed by atoms with E-state index < -0.39 is 0 Å². The average Bonchev–Trinajstić information content (AvgIpc) is 2.36. The van der Waals surface area contributed by atoms with Gasteiger partial charge in [-0.05, 0) is 24.8 Å². The van der Waals surface area contributed by atoms with Gasteiger partial charge in [0.25, 0.3) is 0 Å². The molecule has 1 rings (SSSR count). The van der Waals surface area contributed by atoms with Gasteiger partial charge in [0, 0.05) is 0 Å². The molecule has 0 aliphatic carbocycles. The Morgan fingerprint density at radius 1 is 1.24 bits per heavy atom. The molecule has 17 heavy (non-hydrogen) atoms. The molecule has 94 valence electrons. The van der Waals surface area contributed by atoms with E-state index in [4.69, 9.17) is 4.74 Å². The average molecular weight is 234 g/mol. The van der Waals surface area contributed by atoms with E-state index in [-0.39, 0.29) is 11.9 Å². The zero-order chi connectivity index (χ0) is 12.7. The molecule has 0 heterocycles. The molecule has 0 bridgehead atoms. The molecule has 0 fully saturated rings. The van der Waals surface area contributed by atoms with Crippen LogP contribution in [-0.2, 0) is 9.53 Å². The highest BCUT2D eigenvalue weighted by molar-refractivity contribution is 5.77. The predicted octanol–water partition coefficient (Wildman–Crippen LogP) is 3.77. The molecule has 2 atom stereocenters. The number of benzene rings is 1. The molecule has 0 amide bonds. The second-order valence-electron chi connectivity index (χ2n) is 4.66. The Hall–Kier alpha value is -1.31. The zero-order valence-corrected chi connectivity index (χ0v) is 11.0. The molecule has 0 aliphatic rings. The molecule has 2 unspecified atom stereocenters. The Morgan fingerprint density at radius 3 is 2.47 bits per heavy atom. The number of esters is 1. The first-order chi connectivity index (χ1) is 8.15. The van der Waals surface area contributed by atoms with Gasteiger partial charge in [0.05, 0.1) is 12.5 Å². The smallest absolute Gasteiger partial charge is 0.313 e. The van der Waals surface area contributed by atoms with Gasteiger partial charge in [-0.1, -0.05) is 50.6 Å². The monoisotopic (exact) mass is 234 g/mol. The van der Waals surface area contributed by atoms with E-state index in [9.17, 15) is 4.79 Å². The maximum absolute atomic E-state index is 11.8. The molecule has 0 radical (unpaired) electrons. The number of ether oxygens (including phenoxy) is 1. The first kappa shape index (κ1) is 13.8. The van der Waals surface area contributed by atoms with Crippen LogP contribution in [0.5, 0.6) is 0 Å². The molecular weight excluding hydrogens is 212 g/mol. The molecule has 2 nitrogen and oxygen atoms in total. The lowest BCUT2D eigenvalue weighted by atomic mass is 10.0. The Morgan fingerprint density at radius 2 is 1.88 bits per heavy atom. The van der Waals surface area contributed by atoms with Crippen molar-refractivity contribution in [3.8, 4) is 0 Å². The van der Waals surface area contributed by atoms with E-state index in [1.54, 1.807) is 0 Å². The molecule has 2 heteroatoms. The SMILES string of the molecule is CCCC(C)COC(=O)C(C)c1ccccc1. The van der Waals surface area contributed by atoms with E-state index in [0.717, 1.165) is 18.4 Å². The fourth-order valence-corrected chi connectivity index (χ4v) is 1.80. The highest BCUT2D eigenvalue weighted by Gasteiger charge is 2.17. The summed E-state index contributed by atoms with van der Waals surface area (Å²) in [7, 11) is 0. The Balaban J connectivity index is 2.43. The van der Waals surface area contributed by atoms with Gasteiger partial charge in [-0.3, -0.25) is 4.79 Å². The van der Waals surface area contributed by atoms with Crippen molar-refractivity contribution in [2.45, 2.75) is 39.5 Å². The van der Waals surface area contributed by atoms with Crippen LogP contribution in [0.4, 0.5) is 0 Å². The second-order valence-corrected chi connectivity index (χ2v) is 4.66. The van der Waals surface area contributed by atoms with Crippen LogP contribution in [-0.4, -0.2) is 12.6 Å². The number of carbonyl (C=O) groups excluding carboxylic acids is 1. The van der Waals surface area contributed by atoms with Crippen LogP contribution >= 0.6 is 0 Å². The maximum Gasteiger partial charge on any atom is 0.313 e. The topological polar surface area (TPSA) is 26.3 Å². The van der Waals surface area contributed by atoms with Crippen LogP contribution in [0, 0.1) is 5.92 Å². The van der Waals surface area contributed by atoms with Gasteiger partial charge in [0.1, 0.15) is 0 Å². The third-order valence-electron chi connectivity index (χ3n) is 2.94. The Bertz CT molecular complexity index is 332. The van der Waals surface area contributed by atoms with Crippen LogP contribution in [0.15, 0.2) is 30.3 Å². The van der Waals surface area contributed by atoms with Gasteiger partial charge in [-0.2, -0.15) is 0 Å². The van der Waals surface area contributed by atoms with E-state index >= 15 is 0 Å². The lowest BCUT2D eigenvalue weighted by Crippen LogP contribution is -2.17. The summed E-state index contributed by atoms with van der Waals surface area (Å²) in [6.07, 6.45) is 2.24. The molecule has 1 aromatic rings. The summed E-state index contributed by atoms with van der Waals surface area (Å²) in [5.74, 6) is 0.149. The van der Waals surface area contributed by atoms with Crippen LogP contribution < -0.4 is 0 Å². The first-order valence-electron chi connectivity index (χ1n) is 6.36. The molecular formula is C15H22O2. The lowest BCUT2D eigenvalue weighted by molar-refractivity contribution is -0.146. The molecule has 1 aromatic carbocycles. The Labute approximate surface area is 104 Å². The zero-order valence-electron chi connectivity index (χ0n) is 11.0. The summed E-state index contributed by atoms with van der Waals surface area (Å²) in [4.78, 5) is 11.8. The summed E-state index contributed by atoms with van der Waals surface area (Å²) < 4.78 is 5.33. The van der Waals surface area contributed by atoms with Gasteiger partial charge >= 0.3 is 5.97 Å². The third kappa shape index (κ3) is 4.59. The fraction of sp³-hybridized carbons (Fsp3) is 0.533. The molecule has 0 saturated heterocycles. The minimum absolute atomic E-state index is 0.126. The molecule has 0 spiro atoms. The van der Waals surface area contributed by atoms with Crippen molar-refractivity contribution in [3.63, 3.8) is 0 Å². The van der Waals surface area contributed by atoms with Gasteiger partial charge in [0.2, 0.25) is 0 Å². The van der Waals surface area contributed by atoms with Crippen molar-refractivity contribution in [1.82, 2.24) is 0 Å². The highest BCUT2D eigenvalue weighted by atomic mass is 16.5. The van der Waals surface area contributed by atoms with Gasteiger partial charge in [0.15, 0.2) is 0 Å². The lowest BCUT2D eigenvalue weighted by Gasteiger charge is -2.14. The van der Waals surface area contributed by atoms with Crippen LogP contribution in [0.2, 0.25) is 0 Å². The molecule has 0 aromatic heterocycles. The maximum atomic E-state index is 11.8. The van der Waals surface area contributed by atoms with Crippen molar-refractivity contribution < 1.29 is 9.53 Å². The first-order valence-corrected chi connectivity index (χ1v) is 6.36. The van der Waals surface area contributed by atoms with E-state index in [2.05, 4.69) is 13.8 Å².